The minimum atomic E-state index is -1.52. The van der Waals surface area contributed by atoms with Gasteiger partial charge in [0.1, 0.15) is 11.4 Å². The second-order valence-electron chi connectivity index (χ2n) is 5.99. The van der Waals surface area contributed by atoms with Gasteiger partial charge in [0.25, 0.3) is 5.69 Å². The zero-order valence-electron chi connectivity index (χ0n) is 11.5. The average Bonchev–Trinajstić information content (AvgIpc) is 2.73. The maximum absolute atomic E-state index is 12.1. The predicted octanol–water partition coefficient (Wildman–Crippen LogP) is 1.44. The van der Waals surface area contributed by atoms with Crippen LogP contribution in [-0.4, -0.2) is 32.4 Å². The van der Waals surface area contributed by atoms with Crippen LogP contribution in [0.3, 0.4) is 0 Å². The summed E-state index contributed by atoms with van der Waals surface area (Å²) in [6.07, 6.45) is 0.223. The summed E-state index contributed by atoms with van der Waals surface area (Å²) in [5.74, 6) is -1.60. The number of ketones is 1. The topological polar surface area (TPSA) is 124 Å². The lowest BCUT2D eigenvalue weighted by molar-refractivity contribution is -0.544. The Hall–Kier alpha value is -2.35. The maximum atomic E-state index is 12.1. The molecular weight excluding hydrogens is 292 g/mol. The summed E-state index contributed by atoms with van der Waals surface area (Å²) < 4.78 is 0. The molecule has 0 aromatic heterocycles. The quantitative estimate of drug-likeness (QED) is 0.665. The Kier molecular flexibility index (Phi) is 3.21. The van der Waals surface area contributed by atoms with Crippen LogP contribution >= 0.6 is 0 Å². The van der Waals surface area contributed by atoms with E-state index < -0.39 is 33.3 Å². The monoisotopic (exact) mass is 306 g/mol. The largest absolute Gasteiger partial charge is 0.383 e. The highest BCUT2D eigenvalue weighted by molar-refractivity contribution is 5.84. The summed E-state index contributed by atoms with van der Waals surface area (Å²) in [7, 11) is 0. The van der Waals surface area contributed by atoms with E-state index in [0.717, 1.165) is 0 Å². The van der Waals surface area contributed by atoms with E-state index in [-0.39, 0.29) is 30.7 Å². The number of carbonyl (C=O) groups is 1. The van der Waals surface area contributed by atoms with Crippen molar-refractivity contribution in [3.8, 4) is 0 Å². The van der Waals surface area contributed by atoms with Gasteiger partial charge in [0, 0.05) is 29.4 Å². The molecule has 8 heteroatoms. The molecule has 0 heterocycles. The van der Waals surface area contributed by atoms with Crippen molar-refractivity contribution in [3.63, 3.8) is 0 Å². The number of fused-ring (bicyclic) bond motifs is 2. The first-order valence-electron chi connectivity index (χ1n) is 6.96. The van der Waals surface area contributed by atoms with E-state index in [9.17, 15) is 30.1 Å². The molecule has 4 unspecified atom stereocenters. The van der Waals surface area contributed by atoms with E-state index in [2.05, 4.69) is 0 Å². The molecule has 3 rings (SSSR count). The Bertz CT molecular complexity index is 675. The Labute approximate surface area is 125 Å². The van der Waals surface area contributed by atoms with Gasteiger partial charge in [-0.2, -0.15) is 0 Å². The molecule has 0 aliphatic heterocycles. The van der Waals surface area contributed by atoms with Crippen LogP contribution in [0.2, 0.25) is 0 Å². The maximum Gasteiger partial charge on any atom is 0.269 e. The van der Waals surface area contributed by atoms with Crippen molar-refractivity contribution in [3.05, 3.63) is 50.1 Å². The smallest absolute Gasteiger partial charge is 0.269 e. The Morgan fingerprint density at radius 1 is 1.27 bits per heavy atom. The number of hydrogen-bond donors (Lipinski definition) is 1. The number of nitrogens with zero attached hydrogens (tertiary/aromatic N) is 2. The minimum absolute atomic E-state index is 0.0465. The van der Waals surface area contributed by atoms with Crippen LogP contribution in [-0.2, 0) is 4.79 Å². The van der Waals surface area contributed by atoms with Crippen LogP contribution in [0.5, 0.6) is 0 Å². The van der Waals surface area contributed by atoms with Crippen molar-refractivity contribution in [2.75, 3.05) is 0 Å². The molecule has 0 spiro atoms. The number of non-ortho nitro benzene ring substituents is 1. The van der Waals surface area contributed by atoms with Crippen LogP contribution in [0.15, 0.2) is 24.3 Å². The van der Waals surface area contributed by atoms with E-state index in [1.807, 2.05) is 0 Å². The molecule has 0 amide bonds. The number of nitro groups is 2. The van der Waals surface area contributed by atoms with Crippen molar-refractivity contribution in [1.29, 1.82) is 0 Å². The summed E-state index contributed by atoms with van der Waals surface area (Å²) in [5.41, 5.74) is -1.33. The Morgan fingerprint density at radius 3 is 2.64 bits per heavy atom. The highest BCUT2D eigenvalue weighted by atomic mass is 16.6. The predicted molar refractivity (Wildman–Crippen MR) is 73.9 cm³/mol. The molecule has 0 radical (unpaired) electrons. The van der Waals surface area contributed by atoms with Crippen molar-refractivity contribution >= 4 is 11.5 Å². The van der Waals surface area contributed by atoms with E-state index in [1.54, 1.807) is 6.07 Å². The highest BCUT2D eigenvalue weighted by Crippen LogP contribution is 2.53. The van der Waals surface area contributed by atoms with Gasteiger partial charge in [-0.15, -0.1) is 0 Å². The van der Waals surface area contributed by atoms with Crippen LogP contribution in [0, 0.1) is 26.1 Å². The van der Waals surface area contributed by atoms with Crippen molar-refractivity contribution < 1.29 is 19.7 Å². The molecule has 1 aromatic carbocycles. The number of benzene rings is 1. The zero-order valence-corrected chi connectivity index (χ0v) is 11.5. The lowest BCUT2D eigenvalue weighted by atomic mass is 9.82. The summed E-state index contributed by atoms with van der Waals surface area (Å²) in [5, 5.41) is 32.9. The number of carbonyl (C=O) groups excluding carboxylic acids is 1. The molecule has 8 nitrogen and oxygen atoms in total. The molecule has 2 aliphatic carbocycles. The van der Waals surface area contributed by atoms with Gasteiger partial charge < -0.3 is 5.11 Å². The molecule has 1 N–H and O–H groups in total. The Balaban J connectivity index is 2.10. The van der Waals surface area contributed by atoms with E-state index in [0.29, 0.717) is 5.56 Å². The normalized spacial score (nSPS) is 33.7. The van der Waals surface area contributed by atoms with Crippen molar-refractivity contribution in [2.24, 2.45) is 5.92 Å². The van der Waals surface area contributed by atoms with Crippen molar-refractivity contribution in [1.82, 2.24) is 0 Å². The first kappa shape index (κ1) is 14.6. The number of aliphatic hydroxyl groups is 1. The standard InChI is InChI=1S/C14H14N2O6/c17-11-4-5-14(18)7-10(11)12(13(14)16(21)22)8-2-1-3-9(6-8)15(19)20/h1-3,6,10,12-13,18H,4-5,7H2. The van der Waals surface area contributed by atoms with Crippen molar-refractivity contribution in [2.45, 2.75) is 36.8 Å². The number of Topliss-reactive ketones (excluding diaryl/α,β-unsaturated/α-hetero) is 1. The van der Waals surface area contributed by atoms with E-state index in [1.165, 1.54) is 18.2 Å². The third-order valence-electron chi connectivity index (χ3n) is 4.81. The second kappa shape index (κ2) is 4.84. The highest BCUT2D eigenvalue weighted by Gasteiger charge is 2.64. The van der Waals surface area contributed by atoms with E-state index in [4.69, 9.17) is 0 Å². The fourth-order valence-electron chi connectivity index (χ4n) is 3.86. The minimum Gasteiger partial charge on any atom is -0.383 e. The van der Waals surface area contributed by atoms with Gasteiger partial charge in [-0.25, -0.2) is 0 Å². The molecule has 2 fully saturated rings. The van der Waals surface area contributed by atoms with Gasteiger partial charge in [-0.3, -0.25) is 25.0 Å². The first-order chi connectivity index (χ1) is 10.3. The molecule has 4 atom stereocenters. The summed E-state index contributed by atoms with van der Waals surface area (Å²) in [6.45, 7) is 0. The molecule has 116 valence electrons. The lowest BCUT2D eigenvalue weighted by Crippen LogP contribution is -2.45. The van der Waals surface area contributed by atoms with Gasteiger partial charge in [-0.1, -0.05) is 12.1 Å². The lowest BCUT2D eigenvalue weighted by Gasteiger charge is -2.26. The fourth-order valence-corrected chi connectivity index (χ4v) is 3.86. The van der Waals surface area contributed by atoms with Gasteiger partial charge in [0.05, 0.1) is 10.8 Å². The van der Waals surface area contributed by atoms with Gasteiger partial charge in [0.2, 0.25) is 6.04 Å². The van der Waals surface area contributed by atoms with E-state index >= 15 is 0 Å². The third-order valence-corrected chi connectivity index (χ3v) is 4.81. The molecule has 0 saturated heterocycles. The summed E-state index contributed by atoms with van der Waals surface area (Å²) in [4.78, 5) is 33.3. The third kappa shape index (κ3) is 2.07. The average molecular weight is 306 g/mol. The summed E-state index contributed by atoms with van der Waals surface area (Å²) in [6, 6.07) is 4.24. The molecule has 2 aliphatic rings. The molecule has 2 bridgehead atoms. The van der Waals surface area contributed by atoms with Crippen LogP contribution in [0.25, 0.3) is 0 Å². The van der Waals surface area contributed by atoms with Crippen LogP contribution in [0.4, 0.5) is 5.69 Å². The summed E-state index contributed by atoms with van der Waals surface area (Å²) >= 11 is 0. The first-order valence-corrected chi connectivity index (χ1v) is 6.96. The zero-order chi connectivity index (χ0) is 16.1. The molecule has 2 saturated carbocycles. The van der Waals surface area contributed by atoms with Gasteiger partial charge in [-0.05, 0) is 18.4 Å². The number of hydrogen-bond acceptors (Lipinski definition) is 6. The number of rotatable bonds is 3. The molecular formula is C14H14N2O6. The number of nitro benzene ring substituents is 1. The van der Waals surface area contributed by atoms with Gasteiger partial charge >= 0.3 is 0 Å². The second-order valence-corrected chi connectivity index (χ2v) is 5.99. The van der Waals surface area contributed by atoms with Crippen LogP contribution < -0.4 is 0 Å². The molecule has 22 heavy (non-hydrogen) atoms. The Morgan fingerprint density at radius 2 is 2.00 bits per heavy atom. The fraction of sp³-hybridized carbons (Fsp3) is 0.500. The SMILES string of the molecule is O=C1CCC2(O)CC1C(c1cccc([N+](=O)[O-])c1)C2[N+](=O)[O-]. The van der Waals surface area contributed by atoms with Crippen LogP contribution in [0.1, 0.15) is 30.7 Å². The van der Waals surface area contributed by atoms with Gasteiger partial charge in [0.15, 0.2) is 0 Å². The molecule has 1 aromatic rings.